The first-order chi connectivity index (χ1) is 10.1. The molecule has 1 saturated heterocycles. The standard InChI is InChI=1S/C15H21N3O3/c1-10(19)13-5-4-12(8-16-13)18-6-7-21-9-14(18)15(20)17-11-2-3-11/h4-5,8,10-11,14,19H,2-3,6-7,9H2,1H3,(H,17,20)/t10-,14?/m1/s1. The lowest BCUT2D eigenvalue weighted by atomic mass is 10.1. The van der Waals surface area contributed by atoms with Gasteiger partial charge in [-0.2, -0.15) is 0 Å². The first-order valence-corrected chi connectivity index (χ1v) is 7.44. The average molecular weight is 291 g/mol. The minimum atomic E-state index is -0.585. The molecule has 0 radical (unpaired) electrons. The molecule has 1 saturated carbocycles. The summed E-state index contributed by atoms with van der Waals surface area (Å²) in [6.45, 7) is 3.35. The summed E-state index contributed by atoms with van der Waals surface area (Å²) in [6, 6.07) is 3.74. The van der Waals surface area contributed by atoms with E-state index in [4.69, 9.17) is 4.74 Å². The summed E-state index contributed by atoms with van der Waals surface area (Å²) in [5, 5.41) is 12.5. The fraction of sp³-hybridized carbons (Fsp3) is 0.600. The molecule has 1 aromatic heterocycles. The van der Waals surface area contributed by atoms with Crippen LogP contribution in [0.15, 0.2) is 18.3 Å². The summed E-state index contributed by atoms with van der Waals surface area (Å²) in [5.74, 6) is 0.0248. The highest BCUT2D eigenvalue weighted by Crippen LogP contribution is 2.23. The van der Waals surface area contributed by atoms with Gasteiger partial charge in [0.1, 0.15) is 6.04 Å². The molecular formula is C15H21N3O3. The van der Waals surface area contributed by atoms with Gasteiger partial charge in [-0.25, -0.2) is 0 Å². The summed E-state index contributed by atoms with van der Waals surface area (Å²) in [7, 11) is 0. The summed E-state index contributed by atoms with van der Waals surface area (Å²) in [6.07, 6.45) is 3.27. The number of aliphatic hydroxyl groups is 1. The van der Waals surface area contributed by atoms with E-state index < -0.39 is 6.10 Å². The van der Waals surface area contributed by atoms with Crippen LogP contribution in [0.25, 0.3) is 0 Å². The molecule has 21 heavy (non-hydrogen) atoms. The molecule has 1 aliphatic carbocycles. The second-order valence-electron chi connectivity index (χ2n) is 5.68. The quantitative estimate of drug-likeness (QED) is 0.850. The van der Waals surface area contributed by atoms with Crippen LogP contribution in [0.5, 0.6) is 0 Å². The Morgan fingerprint density at radius 2 is 2.33 bits per heavy atom. The summed E-state index contributed by atoms with van der Waals surface area (Å²) in [4.78, 5) is 18.6. The Morgan fingerprint density at radius 1 is 1.52 bits per heavy atom. The van der Waals surface area contributed by atoms with Gasteiger partial charge in [0.2, 0.25) is 5.91 Å². The third-order valence-corrected chi connectivity index (χ3v) is 3.89. The zero-order valence-corrected chi connectivity index (χ0v) is 12.2. The van der Waals surface area contributed by atoms with Crippen molar-refractivity contribution in [3.8, 4) is 0 Å². The summed E-state index contributed by atoms with van der Waals surface area (Å²) < 4.78 is 5.46. The van der Waals surface area contributed by atoms with Crippen LogP contribution in [0, 0.1) is 0 Å². The van der Waals surface area contributed by atoms with Crippen molar-refractivity contribution < 1.29 is 14.6 Å². The van der Waals surface area contributed by atoms with Gasteiger partial charge in [0.25, 0.3) is 0 Å². The fourth-order valence-corrected chi connectivity index (χ4v) is 2.47. The summed E-state index contributed by atoms with van der Waals surface area (Å²) in [5.41, 5.74) is 1.52. The van der Waals surface area contributed by atoms with Gasteiger partial charge in [-0.05, 0) is 31.9 Å². The predicted molar refractivity (Wildman–Crippen MR) is 78.0 cm³/mol. The molecule has 0 aromatic carbocycles. The van der Waals surface area contributed by atoms with E-state index in [1.807, 2.05) is 11.0 Å². The molecule has 2 N–H and O–H groups in total. The van der Waals surface area contributed by atoms with E-state index in [0.29, 0.717) is 31.5 Å². The maximum absolute atomic E-state index is 12.3. The Labute approximate surface area is 124 Å². The van der Waals surface area contributed by atoms with Gasteiger partial charge >= 0.3 is 0 Å². The molecule has 1 amide bonds. The molecule has 1 unspecified atom stereocenters. The van der Waals surface area contributed by atoms with E-state index in [1.165, 1.54) is 0 Å². The number of pyridine rings is 1. The maximum atomic E-state index is 12.3. The Hall–Kier alpha value is -1.66. The van der Waals surface area contributed by atoms with Gasteiger partial charge < -0.3 is 20.1 Å². The van der Waals surface area contributed by atoms with Crippen molar-refractivity contribution in [2.45, 2.75) is 38.0 Å². The Balaban J connectivity index is 1.74. The lowest BCUT2D eigenvalue weighted by Gasteiger charge is -2.36. The van der Waals surface area contributed by atoms with Crippen molar-refractivity contribution in [2.75, 3.05) is 24.7 Å². The number of anilines is 1. The minimum Gasteiger partial charge on any atom is -0.387 e. The smallest absolute Gasteiger partial charge is 0.245 e. The molecule has 114 valence electrons. The molecule has 0 spiro atoms. The van der Waals surface area contributed by atoms with Gasteiger partial charge in [-0.15, -0.1) is 0 Å². The molecular weight excluding hydrogens is 270 g/mol. The second kappa shape index (κ2) is 5.99. The molecule has 1 aromatic rings. The van der Waals surface area contributed by atoms with Crippen LogP contribution in [0.3, 0.4) is 0 Å². The molecule has 6 heteroatoms. The molecule has 1 aliphatic heterocycles. The second-order valence-corrected chi connectivity index (χ2v) is 5.68. The van der Waals surface area contributed by atoms with Gasteiger partial charge in [0, 0.05) is 12.6 Å². The highest BCUT2D eigenvalue weighted by molar-refractivity contribution is 5.86. The van der Waals surface area contributed by atoms with Crippen molar-refractivity contribution in [1.29, 1.82) is 0 Å². The molecule has 2 atom stereocenters. The number of hydrogen-bond acceptors (Lipinski definition) is 5. The van der Waals surface area contributed by atoms with Crippen LogP contribution < -0.4 is 10.2 Å². The zero-order valence-electron chi connectivity index (χ0n) is 12.2. The van der Waals surface area contributed by atoms with E-state index in [0.717, 1.165) is 18.5 Å². The van der Waals surface area contributed by atoms with Gasteiger partial charge in [0.05, 0.1) is 36.9 Å². The number of amides is 1. The molecule has 2 heterocycles. The first kappa shape index (κ1) is 14.3. The molecule has 2 aliphatic rings. The van der Waals surface area contributed by atoms with Crippen LogP contribution in [0.4, 0.5) is 5.69 Å². The van der Waals surface area contributed by atoms with E-state index in [2.05, 4.69) is 10.3 Å². The average Bonchev–Trinajstić information content (AvgIpc) is 3.31. The minimum absolute atomic E-state index is 0.0248. The predicted octanol–water partition coefficient (Wildman–Crippen LogP) is 0.619. The van der Waals surface area contributed by atoms with Crippen molar-refractivity contribution >= 4 is 11.6 Å². The largest absolute Gasteiger partial charge is 0.387 e. The number of carbonyl (C=O) groups excluding carboxylic acids is 1. The van der Waals surface area contributed by atoms with Crippen molar-refractivity contribution in [3.05, 3.63) is 24.0 Å². The number of ether oxygens (including phenoxy) is 1. The lowest BCUT2D eigenvalue weighted by Crippen LogP contribution is -2.54. The molecule has 6 nitrogen and oxygen atoms in total. The van der Waals surface area contributed by atoms with Crippen LogP contribution in [0.1, 0.15) is 31.6 Å². The van der Waals surface area contributed by atoms with Crippen molar-refractivity contribution in [1.82, 2.24) is 10.3 Å². The number of aromatic nitrogens is 1. The molecule has 3 rings (SSSR count). The van der Waals surface area contributed by atoms with Crippen LogP contribution in [-0.4, -0.2) is 47.8 Å². The maximum Gasteiger partial charge on any atom is 0.245 e. The lowest BCUT2D eigenvalue weighted by molar-refractivity contribution is -0.124. The fourth-order valence-electron chi connectivity index (χ4n) is 2.47. The normalized spacial score (nSPS) is 23.7. The van der Waals surface area contributed by atoms with E-state index in [1.54, 1.807) is 19.2 Å². The van der Waals surface area contributed by atoms with E-state index in [-0.39, 0.29) is 11.9 Å². The third-order valence-electron chi connectivity index (χ3n) is 3.89. The Morgan fingerprint density at radius 3 is 2.95 bits per heavy atom. The highest BCUT2D eigenvalue weighted by atomic mass is 16.5. The first-order valence-electron chi connectivity index (χ1n) is 7.44. The van der Waals surface area contributed by atoms with E-state index in [9.17, 15) is 9.90 Å². The van der Waals surface area contributed by atoms with Crippen molar-refractivity contribution in [3.63, 3.8) is 0 Å². The molecule has 2 fully saturated rings. The Bertz CT molecular complexity index is 499. The van der Waals surface area contributed by atoms with Crippen LogP contribution >= 0.6 is 0 Å². The highest BCUT2D eigenvalue weighted by Gasteiger charge is 2.33. The number of carbonyl (C=O) groups is 1. The zero-order chi connectivity index (χ0) is 14.8. The number of rotatable bonds is 4. The van der Waals surface area contributed by atoms with Gasteiger partial charge in [0.15, 0.2) is 0 Å². The van der Waals surface area contributed by atoms with Crippen LogP contribution in [-0.2, 0) is 9.53 Å². The topological polar surface area (TPSA) is 74.7 Å². The number of nitrogens with one attached hydrogen (secondary N) is 1. The summed E-state index contributed by atoms with van der Waals surface area (Å²) >= 11 is 0. The SMILES string of the molecule is C[C@@H](O)c1ccc(N2CCOCC2C(=O)NC2CC2)cn1. The number of morpholine rings is 1. The van der Waals surface area contributed by atoms with E-state index >= 15 is 0 Å². The van der Waals surface area contributed by atoms with Crippen LogP contribution in [0.2, 0.25) is 0 Å². The third kappa shape index (κ3) is 3.33. The number of hydrogen-bond donors (Lipinski definition) is 2. The Kier molecular flexibility index (Phi) is 4.07. The molecule has 0 bridgehead atoms. The number of nitrogens with zero attached hydrogens (tertiary/aromatic N) is 2. The van der Waals surface area contributed by atoms with Gasteiger partial charge in [-0.3, -0.25) is 9.78 Å². The van der Waals surface area contributed by atoms with Crippen molar-refractivity contribution in [2.24, 2.45) is 0 Å². The number of aliphatic hydroxyl groups excluding tert-OH is 1. The monoisotopic (exact) mass is 291 g/mol. The van der Waals surface area contributed by atoms with Gasteiger partial charge in [-0.1, -0.05) is 0 Å².